The van der Waals surface area contributed by atoms with Crippen LogP contribution in [-0.4, -0.2) is 36.6 Å². The number of rotatable bonds is 5. The third-order valence-electron chi connectivity index (χ3n) is 1.22. The summed E-state index contributed by atoms with van der Waals surface area (Å²) >= 11 is 0. The third kappa shape index (κ3) is 6.79. The van der Waals surface area contributed by atoms with Crippen LogP contribution >= 0.6 is 0 Å². The zero-order chi connectivity index (χ0) is 10.3. The summed E-state index contributed by atoms with van der Waals surface area (Å²) in [6.07, 6.45) is -0.0953. The van der Waals surface area contributed by atoms with Crippen molar-refractivity contribution in [1.29, 1.82) is 0 Å². The number of hydrogen-bond acceptors (Lipinski definition) is 4. The van der Waals surface area contributed by atoms with Gasteiger partial charge in [-0.3, -0.25) is 14.4 Å². The molecule has 13 heavy (non-hydrogen) atoms. The van der Waals surface area contributed by atoms with Crippen molar-refractivity contribution in [3.63, 3.8) is 0 Å². The lowest BCUT2D eigenvalue weighted by molar-refractivity contribution is -0.142. The first-order valence-electron chi connectivity index (χ1n) is 3.61. The molecule has 0 unspecified atom stereocenters. The minimum Gasteiger partial charge on any atom is -0.480 e. The molecule has 0 aliphatic heterocycles. The van der Waals surface area contributed by atoms with Crippen LogP contribution in [0.3, 0.4) is 0 Å². The van der Waals surface area contributed by atoms with Crippen molar-refractivity contribution < 1.29 is 24.2 Å². The fourth-order valence-electron chi connectivity index (χ4n) is 0.580. The molecule has 2 N–H and O–H groups in total. The van der Waals surface area contributed by atoms with Gasteiger partial charge in [0.25, 0.3) is 0 Å². The number of methoxy groups -OCH3 is 1. The maximum Gasteiger partial charge on any atom is 0.322 e. The second-order valence-corrected chi connectivity index (χ2v) is 2.25. The van der Waals surface area contributed by atoms with Crippen molar-refractivity contribution in [2.45, 2.75) is 12.8 Å². The quantitative estimate of drug-likeness (QED) is 0.549. The molecule has 0 radical (unpaired) electrons. The highest BCUT2D eigenvalue weighted by Gasteiger charge is 2.07. The lowest BCUT2D eigenvalue weighted by Crippen LogP contribution is -2.29. The number of aliphatic carboxylic acids is 1. The number of carboxylic acid groups (broad SMARTS) is 1. The van der Waals surface area contributed by atoms with Gasteiger partial charge in [0.1, 0.15) is 6.54 Å². The van der Waals surface area contributed by atoms with Gasteiger partial charge in [-0.2, -0.15) is 0 Å². The molecule has 0 saturated heterocycles. The minimum absolute atomic E-state index is 0.0397. The van der Waals surface area contributed by atoms with Crippen molar-refractivity contribution in [1.82, 2.24) is 5.32 Å². The minimum atomic E-state index is -1.12. The number of nitrogens with one attached hydrogen (secondary N) is 1. The van der Waals surface area contributed by atoms with Crippen LogP contribution in [0.15, 0.2) is 0 Å². The Morgan fingerprint density at radius 2 is 1.92 bits per heavy atom. The van der Waals surface area contributed by atoms with Gasteiger partial charge in [0.2, 0.25) is 5.91 Å². The monoisotopic (exact) mass is 189 g/mol. The van der Waals surface area contributed by atoms with E-state index < -0.39 is 24.4 Å². The summed E-state index contributed by atoms with van der Waals surface area (Å²) in [4.78, 5) is 31.3. The molecule has 0 aromatic carbocycles. The van der Waals surface area contributed by atoms with Gasteiger partial charge in [0.05, 0.1) is 13.5 Å². The summed E-state index contributed by atoms with van der Waals surface area (Å²) in [6, 6.07) is 0. The van der Waals surface area contributed by atoms with Crippen molar-refractivity contribution in [3.05, 3.63) is 0 Å². The predicted octanol–water partition coefficient (Wildman–Crippen LogP) is -0.860. The summed E-state index contributed by atoms with van der Waals surface area (Å²) in [5.74, 6) is -2.09. The van der Waals surface area contributed by atoms with E-state index in [1.807, 2.05) is 0 Å². The summed E-state index contributed by atoms with van der Waals surface area (Å²) in [5, 5.41) is 10.3. The van der Waals surface area contributed by atoms with Gasteiger partial charge in [-0.25, -0.2) is 0 Å². The number of ether oxygens (including phenoxy) is 1. The van der Waals surface area contributed by atoms with Crippen molar-refractivity contribution in [2.24, 2.45) is 0 Å². The highest BCUT2D eigenvalue weighted by atomic mass is 16.5. The average Bonchev–Trinajstić information content (AvgIpc) is 2.10. The largest absolute Gasteiger partial charge is 0.480 e. The van der Waals surface area contributed by atoms with Crippen LogP contribution in [0.2, 0.25) is 0 Å². The van der Waals surface area contributed by atoms with E-state index in [1.165, 1.54) is 7.11 Å². The van der Waals surface area contributed by atoms with Gasteiger partial charge in [-0.15, -0.1) is 0 Å². The number of carbonyl (C=O) groups excluding carboxylic acids is 2. The molecule has 0 saturated carbocycles. The molecule has 0 aromatic rings. The molecule has 0 aliphatic carbocycles. The molecule has 0 rings (SSSR count). The predicted molar refractivity (Wildman–Crippen MR) is 41.9 cm³/mol. The van der Waals surface area contributed by atoms with Gasteiger partial charge < -0.3 is 15.2 Å². The van der Waals surface area contributed by atoms with E-state index >= 15 is 0 Å². The van der Waals surface area contributed by atoms with Crippen molar-refractivity contribution >= 4 is 17.8 Å². The fraction of sp³-hybridized carbons (Fsp3) is 0.571. The molecule has 0 fully saturated rings. The zero-order valence-electron chi connectivity index (χ0n) is 7.20. The highest BCUT2D eigenvalue weighted by molar-refractivity contribution is 5.84. The number of hydrogen-bond donors (Lipinski definition) is 2. The Balaban J connectivity index is 3.52. The molecule has 0 aromatic heterocycles. The molecule has 0 spiro atoms. The van der Waals surface area contributed by atoms with Crippen LogP contribution in [0.4, 0.5) is 0 Å². The highest BCUT2D eigenvalue weighted by Crippen LogP contribution is 1.90. The normalized spacial score (nSPS) is 9.00. The average molecular weight is 189 g/mol. The van der Waals surface area contributed by atoms with Gasteiger partial charge >= 0.3 is 11.9 Å². The van der Waals surface area contributed by atoms with E-state index in [0.29, 0.717) is 0 Å². The lowest BCUT2D eigenvalue weighted by Gasteiger charge is -2.00. The molecule has 6 nitrogen and oxygen atoms in total. The first-order valence-corrected chi connectivity index (χ1v) is 3.61. The maximum absolute atomic E-state index is 10.8. The van der Waals surface area contributed by atoms with E-state index in [9.17, 15) is 14.4 Å². The van der Waals surface area contributed by atoms with Crippen molar-refractivity contribution in [3.8, 4) is 0 Å². The number of esters is 1. The molecule has 0 aliphatic rings. The number of amides is 1. The van der Waals surface area contributed by atoms with Crippen LogP contribution in [0.5, 0.6) is 0 Å². The fourth-order valence-corrected chi connectivity index (χ4v) is 0.580. The first kappa shape index (κ1) is 11.4. The van der Waals surface area contributed by atoms with Gasteiger partial charge in [-0.05, 0) is 0 Å². The summed E-state index contributed by atoms with van der Waals surface area (Å²) in [6.45, 7) is -0.431. The van der Waals surface area contributed by atoms with Crippen LogP contribution in [0.25, 0.3) is 0 Å². The topological polar surface area (TPSA) is 92.7 Å². The Hall–Kier alpha value is -1.59. The Morgan fingerprint density at radius 1 is 1.31 bits per heavy atom. The Kier molecular flexibility index (Phi) is 5.25. The molecule has 0 bridgehead atoms. The zero-order valence-corrected chi connectivity index (χ0v) is 7.20. The van der Waals surface area contributed by atoms with Crippen LogP contribution < -0.4 is 5.32 Å². The van der Waals surface area contributed by atoms with Crippen LogP contribution in [0, 0.1) is 0 Å². The van der Waals surface area contributed by atoms with Crippen LogP contribution in [-0.2, 0) is 19.1 Å². The standard InChI is InChI=1S/C7H11NO5/c1-13-7(12)3-2-5(9)8-4-6(10)11/h2-4H2,1H3,(H,8,9)(H,10,11). The van der Waals surface area contributed by atoms with Gasteiger partial charge in [0, 0.05) is 6.42 Å². The number of carboxylic acids is 1. The molecular formula is C7H11NO5. The molecule has 0 atom stereocenters. The summed E-state index contributed by atoms with van der Waals surface area (Å²) in [7, 11) is 1.22. The maximum atomic E-state index is 10.8. The second kappa shape index (κ2) is 5.99. The molecular weight excluding hydrogens is 178 g/mol. The molecule has 1 amide bonds. The lowest BCUT2D eigenvalue weighted by atomic mass is 10.3. The Morgan fingerprint density at radius 3 is 2.38 bits per heavy atom. The van der Waals surface area contributed by atoms with E-state index in [-0.39, 0.29) is 12.8 Å². The SMILES string of the molecule is COC(=O)CCC(=O)NCC(=O)O. The van der Waals surface area contributed by atoms with Crippen molar-refractivity contribution in [2.75, 3.05) is 13.7 Å². The Labute approximate surface area is 74.9 Å². The number of carbonyl (C=O) groups is 3. The molecule has 0 heterocycles. The third-order valence-corrected chi connectivity index (χ3v) is 1.22. The van der Waals surface area contributed by atoms with E-state index in [1.54, 1.807) is 0 Å². The first-order chi connectivity index (χ1) is 6.06. The Bertz CT molecular complexity index is 213. The van der Waals surface area contributed by atoms with E-state index in [0.717, 1.165) is 0 Å². The second-order valence-electron chi connectivity index (χ2n) is 2.25. The van der Waals surface area contributed by atoms with Gasteiger partial charge in [-0.1, -0.05) is 0 Å². The molecule has 74 valence electrons. The summed E-state index contributed by atoms with van der Waals surface area (Å²) < 4.78 is 4.29. The molecule has 6 heteroatoms. The van der Waals surface area contributed by atoms with Crippen LogP contribution in [0.1, 0.15) is 12.8 Å². The van der Waals surface area contributed by atoms with E-state index in [4.69, 9.17) is 5.11 Å². The van der Waals surface area contributed by atoms with E-state index in [2.05, 4.69) is 10.1 Å². The smallest absolute Gasteiger partial charge is 0.322 e. The summed E-state index contributed by atoms with van der Waals surface area (Å²) in [5.41, 5.74) is 0. The van der Waals surface area contributed by atoms with Gasteiger partial charge in [0.15, 0.2) is 0 Å².